The van der Waals surface area contributed by atoms with E-state index in [9.17, 15) is 10.2 Å². The Labute approximate surface area is 110 Å². The summed E-state index contributed by atoms with van der Waals surface area (Å²) in [5.74, 6) is 0. The summed E-state index contributed by atoms with van der Waals surface area (Å²) in [7, 11) is 0. The third kappa shape index (κ3) is 3.67. The Balaban J connectivity index is 1.87. The van der Waals surface area contributed by atoms with Gasteiger partial charge in [-0.15, -0.1) is 0 Å². The molecule has 1 saturated heterocycles. The number of aliphatic hydroxyl groups is 2. The van der Waals surface area contributed by atoms with Crippen LogP contribution < -0.4 is 5.32 Å². The summed E-state index contributed by atoms with van der Waals surface area (Å²) in [6.45, 7) is 2.14. The zero-order chi connectivity index (χ0) is 12.9. The van der Waals surface area contributed by atoms with E-state index in [1.165, 1.54) is 12.8 Å². The topological polar surface area (TPSA) is 61.7 Å². The largest absolute Gasteiger partial charge is 0.394 e. The highest BCUT2D eigenvalue weighted by Crippen LogP contribution is 2.28. The molecular weight excluding hydrogens is 230 g/mol. The third-order valence-corrected chi connectivity index (χ3v) is 4.58. The van der Waals surface area contributed by atoms with Crippen LogP contribution in [0.2, 0.25) is 0 Å². The summed E-state index contributed by atoms with van der Waals surface area (Å²) < 4.78 is 5.35. The fourth-order valence-corrected chi connectivity index (χ4v) is 3.07. The van der Waals surface area contributed by atoms with E-state index in [4.69, 9.17) is 4.74 Å². The van der Waals surface area contributed by atoms with Gasteiger partial charge < -0.3 is 20.3 Å². The van der Waals surface area contributed by atoms with Crippen molar-refractivity contribution >= 4 is 0 Å². The minimum absolute atomic E-state index is 0.131. The van der Waals surface area contributed by atoms with Crippen molar-refractivity contribution in [3.63, 3.8) is 0 Å². The van der Waals surface area contributed by atoms with Crippen LogP contribution in [0, 0.1) is 0 Å². The summed E-state index contributed by atoms with van der Waals surface area (Å²) in [6.07, 6.45) is 8.15. The highest BCUT2D eigenvalue weighted by molar-refractivity contribution is 4.93. The van der Waals surface area contributed by atoms with E-state index < -0.39 is 5.60 Å². The van der Waals surface area contributed by atoms with E-state index in [-0.39, 0.29) is 12.1 Å². The van der Waals surface area contributed by atoms with Gasteiger partial charge in [0.25, 0.3) is 0 Å². The van der Waals surface area contributed by atoms with Gasteiger partial charge in [0.15, 0.2) is 0 Å². The molecule has 2 fully saturated rings. The van der Waals surface area contributed by atoms with E-state index in [0.717, 1.165) is 38.5 Å². The maximum atomic E-state index is 10.6. The second-order valence-electron chi connectivity index (χ2n) is 6.04. The monoisotopic (exact) mass is 257 g/mol. The third-order valence-electron chi connectivity index (χ3n) is 4.58. The van der Waals surface area contributed by atoms with E-state index in [1.54, 1.807) is 0 Å². The fourth-order valence-electron chi connectivity index (χ4n) is 3.07. The Hall–Kier alpha value is -0.160. The van der Waals surface area contributed by atoms with Crippen LogP contribution in [0.4, 0.5) is 0 Å². The maximum Gasteiger partial charge on any atom is 0.0771 e. The van der Waals surface area contributed by atoms with Gasteiger partial charge in [0.2, 0.25) is 0 Å². The number of nitrogens with one attached hydrogen (secondary N) is 1. The molecule has 4 heteroatoms. The Kier molecular flexibility index (Phi) is 5.01. The van der Waals surface area contributed by atoms with Gasteiger partial charge in [0.05, 0.1) is 12.2 Å². The second kappa shape index (κ2) is 6.33. The first-order chi connectivity index (χ1) is 8.68. The van der Waals surface area contributed by atoms with Crippen LogP contribution in [0.3, 0.4) is 0 Å². The molecule has 18 heavy (non-hydrogen) atoms. The predicted octanol–water partition coefficient (Wildman–Crippen LogP) is 1.20. The summed E-state index contributed by atoms with van der Waals surface area (Å²) in [4.78, 5) is 0. The molecule has 0 atom stereocenters. The Morgan fingerprint density at radius 1 is 0.944 bits per heavy atom. The molecule has 1 aliphatic heterocycles. The highest BCUT2D eigenvalue weighted by atomic mass is 16.5. The van der Waals surface area contributed by atoms with Crippen LogP contribution >= 0.6 is 0 Å². The molecule has 0 aromatic rings. The van der Waals surface area contributed by atoms with Crippen molar-refractivity contribution < 1.29 is 14.9 Å². The van der Waals surface area contributed by atoms with E-state index in [2.05, 4.69) is 5.32 Å². The molecule has 106 valence electrons. The lowest BCUT2D eigenvalue weighted by atomic mass is 9.88. The number of β-amino-alcohol motifs (C(OH)–C–C–N with tert-alkyl or cyclic N) is 1. The summed E-state index contributed by atoms with van der Waals surface area (Å²) >= 11 is 0. The van der Waals surface area contributed by atoms with Gasteiger partial charge in [0.1, 0.15) is 0 Å². The molecule has 1 aliphatic carbocycles. The summed E-state index contributed by atoms with van der Waals surface area (Å²) in [5, 5.41) is 23.7. The van der Waals surface area contributed by atoms with Crippen LogP contribution in [0.25, 0.3) is 0 Å². The van der Waals surface area contributed by atoms with Crippen molar-refractivity contribution in [2.75, 3.05) is 26.4 Å². The molecule has 0 aromatic carbocycles. The van der Waals surface area contributed by atoms with Crippen LogP contribution in [-0.4, -0.2) is 47.7 Å². The molecular formula is C14H27NO3. The Bertz CT molecular complexity index is 243. The molecule has 0 unspecified atom stereocenters. The second-order valence-corrected chi connectivity index (χ2v) is 6.04. The van der Waals surface area contributed by atoms with Gasteiger partial charge in [0, 0.05) is 25.3 Å². The predicted molar refractivity (Wildman–Crippen MR) is 70.5 cm³/mol. The standard InChI is InChI=1S/C14H27NO3/c16-12-13(7-9-18-10-8-13)15-11-14(17)5-3-1-2-4-6-14/h15-17H,1-12H2. The molecule has 2 rings (SSSR count). The lowest BCUT2D eigenvalue weighted by molar-refractivity contribution is -0.0188. The lowest BCUT2D eigenvalue weighted by Crippen LogP contribution is -2.56. The molecule has 0 aromatic heterocycles. The van der Waals surface area contributed by atoms with Crippen molar-refractivity contribution in [2.24, 2.45) is 0 Å². The normalized spacial score (nSPS) is 27.7. The van der Waals surface area contributed by atoms with Crippen molar-refractivity contribution in [3.05, 3.63) is 0 Å². The fraction of sp³-hybridized carbons (Fsp3) is 1.00. The van der Waals surface area contributed by atoms with Crippen molar-refractivity contribution in [2.45, 2.75) is 62.5 Å². The number of hydrogen-bond acceptors (Lipinski definition) is 4. The Morgan fingerprint density at radius 3 is 2.11 bits per heavy atom. The molecule has 1 heterocycles. The zero-order valence-electron chi connectivity index (χ0n) is 11.3. The number of rotatable bonds is 4. The average Bonchev–Trinajstić information content (AvgIpc) is 2.63. The summed E-state index contributed by atoms with van der Waals surface area (Å²) in [5.41, 5.74) is -0.808. The highest BCUT2D eigenvalue weighted by Gasteiger charge is 2.35. The first-order valence-corrected chi connectivity index (χ1v) is 7.34. The van der Waals surface area contributed by atoms with Crippen molar-refractivity contribution in [3.8, 4) is 0 Å². The van der Waals surface area contributed by atoms with Crippen LogP contribution in [0.5, 0.6) is 0 Å². The molecule has 3 N–H and O–H groups in total. The van der Waals surface area contributed by atoms with Crippen molar-refractivity contribution in [1.29, 1.82) is 0 Å². The van der Waals surface area contributed by atoms with Crippen LogP contribution in [0.1, 0.15) is 51.4 Å². The quantitative estimate of drug-likeness (QED) is 0.662. The van der Waals surface area contributed by atoms with E-state index in [0.29, 0.717) is 19.8 Å². The molecule has 1 saturated carbocycles. The molecule has 0 radical (unpaired) electrons. The van der Waals surface area contributed by atoms with Gasteiger partial charge in [-0.2, -0.15) is 0 Å². The minimum Gasteiger partial charge on any atom is -0.394 e. The van der Waals surface area contributed by atoms with Crippen LogP contribution in [-0.2, 0) is 4.74 Å². The Morgan fingerprint density at radius 2 is 1.56 bits per heavy atom. The van der Waals surface area contributed by atoms with Gasteiger partial charge in [-0.25, -0.2) is 0 Å². The van der Waals surface area contributed by atoms with Crippen LogP contribution in [0.15, 0.2) is 0 Å². The summed E-state index contributed by atoms with van der Waals surface area (Å²) in [6, 6.07) is 0. The number of aliphatic hydroxyl groups excluding tert-OH is 1. The molecule has 4 nitrogen and oxygen atoms in total. The first-order valence-electron chi connectivity index (χ1n) is 7.34. The van der Waals surface area contributed by atoms with E-state index in [1.807, 2.05) is 0 Å². The smallest absolute Gasteiger partial charge is 0.0771 e. The maximum absolute atomic E-state index is 10.6. The van der Waals surface area contributed by atoms with E-state index >= 15 is 0 Å². The van der Waals surface area contributed by atoms with Gasteiger partial charge >= 0.3 is 0 Å². The molecule has 0 spiro atoms. The van der Waals surface area contributed by atoms with Gasteiger partial charge in [-0.05, 0) is 25.7 Å². The molecule has 0 amide bonds. The van der Waals surface area contributed by atoms with Gasteiger partial charge in [-0.3, -0.25) is 0 Å². The lowest BCUT2D eigenvalue weighted by Gasteiger charge is -2.39. The molecule has 0 bridgehead atoms. The average molecular weight is 257 g/mol. The number of ether oxygens (including phenoxy) is 1. The SMILES string of the molecule is OCC1(NCC2(O)CCCCCC2)CCOCC1. The van der Waals surface area contributed by atoms with Crippen molar-refractivity contribution in [1.82, 2.24) is 5.32 Å². The first kappa shape index (κ1) is 14.3. The number of hydrogen-bond donors (Lipinski definition) is 3. The van der Waals surface area contributed by atoms with Gasteiger partial charge in [-0.1, -0.05) is 25.7 Å². The minimum atomic E-state index is -0.572. The molecule has 2 aliphatic rings. The zero-order valence-corrected chi connectivity index (χ0v) is 11.3.